The van der Waals surface area contributed by atoms with Gasteiger partial charge in [-0.2, -0.15) is 0 Å². The molecule has 2 unspecified atom stereocenters. The molecule has 0 bridgehead atoms. The third-order valence-corrected chi connectivity index (χ3v) is 3.88. The van der Waals surface area contributed by atoms with Crippen molar-refractivity contribution in [1.82, 2.24) is 10.6 Å². The molecule has 5 heteroatoms. The Morgan fingerprint density at radius 3 is 2.63 bits per heavy atom. The molecule has 0 radical (unpaired) electrons. The number of hydrogen-bond acceptors (Lipinski definition) is 2. The number of benzene rings is 1. The lowest BCUT2D eigenvalue weighted by Gasteiger charge is -2.24. The summed E-state index contributed by atoms with van der Waals surface area (Å²) >= 11 is 3.41. The normalized spacial score (nSPS) is 20.2. The highest BCUT2D eigenvalue weighted by Gasteiger charge is 2.21. The van der Waals surface area contributed by atoms with Crippen LogP contribution in [-0.4, -0.2) is 18.5 Å². The molecule has 3 nitrogen and oxygen atoms in total. The van der Waals surface area contributed by atoms with Gasteiger partial charge in [0.15, 0.2) is 0 Å². The lowest BCUT2D eigenvalue weighted by atomic mass is 10.0. The molecule has 1 saturated heterocycles. The van der Waals surface area contributed by atoms with Gasteiger partial charge in [-0.1, -0.05) is 34.5 Å². The highest BCUT2D eigenvalue weighted by molar-refractivity contribution is 9.10. The number of piperidine rings is 1. The van der Waals surface area contributed by atoms with E-state index in [9.17, 15) is 4.79 Å². The van der Waals surface area contributed by atoms with Gasteiger partial charge in [0.1, 0.15) is 0 Å². The van der Waals surface area contributed by atoms with Crippen LogP contribution in [0, 0.1) is 0 Å². The molecule has 1 aromatic carbocycles. The standard InChI is InChI=1S/C14H19BrN2O.ClH/c1-10(11-5-7-12(15)8-6-11)17-14(18)13-4-2-3-9-16-13;/h5-8,10,13,16H,2-4,9H2,1H3,(H,17,18);1H. The van der Waals surface area contributed by atoms with Crippen LogP contribution in [0.1, 0.15) is 37.8 Å². The Kier molecular flexibility index (Phi) is 6.83. The monoisotopic (exact) mass is 346 g/mol. The van der Waals surface area contributed by atoms with Crippen molar-refractivity contribution in [3.8, 4) is 0 Å². The van der Waals surface area contributed by atoms with Gasteiger partial charge in [-0.05, 0) is 44.0 Å². The third kappa shape index (κ3) is 4.79. The fraction of sp³-hybridized carbons (Fsp3) is 0.500. The van der Waals surface area contributed by atoms with Gasteiger partial charge in [0.2, 0.25) is 5.91 Å². The van der Waals surface area contributed by atoms with Gasteiger partial charge in [-0.25, -0.2) is 0 Å². The van der Waals surface area contributed by atoms with Crippen LogP contribution < -0.4 is 10.6 Å². The number of hydrogen-bond donors (Lipinski definition) is 2. The van der Waals surface area contributed by atoms with Crippen molar-refractivity contribution in [1.29, 1.82) is 0 Å². The Balaban J connectivity index is 0.00000180. The number of carbonyl (C=O) groups is 1. The summed E-state index contributed by atoms with van der Waals surface area (Å²) in [7, 11) is 0. The van der Waals surface area contributed by atoms with Crippen LogP contribution in [0.2, 0.25) is 0 Å². The van der Waals surface area contributed by atoms with Crippen molar-refractivity contribution >= 4 is 34.2 Å². The Bertz CT molecular complexity index is 404. The molecule has 106 valence electrons. The fourth-order valence-corrected chi connectivity index (χ4v) is 2.49. The summed E-state index contributed by atoms with van der Waals surface area (Å²) in [6, 6.07) is 8.09. The Labute approximate surface area is 129 Å². The Hall–Kier alpha value is -0.580. The summed E-state index contributed by atoms with van der Waals surface area (Å²) in [6.07, 6.45) is 3.25. The number of amides is 1. The van der Waals surface area contributed by atoms with E-state index in [0.29, 0.717) is 0 Å². The summed E-state index contributed by atoms with van der Waals surface area (Å²) in [5, 5.41) is 6.33. The molecule has 0 aliphatic carbocycles. The average Bonchev–Trinajstić information content (AvgIpc) is 2.40. The molecule has 2 rings (SSSR count). The second-order valence-electron chi connectivity index (χ2n) is 4.78. The maximum Gasteiger partial charge on any atom is 0.237 e. The minimum Gasteiger partial charge on any atom is -0.348 e. The van der Waals surface area contributed by atoms with Gasteiger partial charge >= 0.3 is 0 Å². The molecule has 19 heavy (non-hydrogen) atoms. The van der Waals surface area contributed by atoms with E-state index in [0.717, 1.165) is 29.4 Å². The number of rotatable bonds is 3. The molecular formula is C14H20BrClN2O. The molecular weight excluding hydrogens is 328 g/mol. The van der Waals surface area contributed by atoms with Crippen LogP contribution >= 0.6 is 28.3 Å². The van der Waals surface area contributed by atoms with Gasteiger partial charge in [0, 0.05) is 4.47 Å². The van der Waals surface area contributed by atoms with Gasteiger partial charge < -0.3 is 10.6 Å². The molecule has 1 aliphatic heterocycles. The molecule has 1 aliphatic rings. The Morgan fingerprint density at radius 1 is 1.37 bits per heavy atom. The second kappa shape index (κ2) is 7.88. The second-order valence-corrected chi connectivity index (χ2v) is 5.70. The fourth-order valence-electron chi connectivity index (χ4n) is 2.22. The zero-order valence-electron chi connectivity index (χ0n) is 11.0. The molecule has 1 amide bonds. The van der Waals surface area contributed by atoms with E-state index in [1.54, 1.807) is 0 Å². The highest BCUT2D eigenvalue weighted by Crippen LogP contribution is 2.17. The van der Waals surface area contributed by atoms with Crippen molar-refractivity contribution in [3.63, 3.8) is 0 Å². The van der Waals surface area contributed by atoms with Crippen molar-refractivity contribution in [2.75, 3.05) is 6.54 Å². The topological polar surface area (TPSA) is 41.1 Å². The molecule has 1 aromatic rings. The van der Waals surface area contributed by atoms with Crippen LogP contribution in [0.4, 0.5) is 0 Å². The van der Waals surface area contributed by atoms with Crippen LogP contribution in [0.15, 0.2) is 28.7 Å². The highest BCUT2D eigenvalue weighted by atomic mass is 79.9. The number of carbonyl (C=O) groups excluding carboxylic acids is 1. The molecule has 2 N–H and O–H groups in total. The number of halogens is 2. The predicted octanol–water partition coefficient (Wildman–Crippen LogP) is 3.19. The minimum atomic E-state index is -0.0170. The summed E-state index contributed by atoms with van der Waals surface area (Å²) in [4.78, 5) is 12.1. The van der Waals surface area contributed by atoms with E-state index in [1.165, 1.54) is 6.42 Å². The van der Waals surface area contributed by atoms with Gasteiger partial charge in [-0.15, -0.1) is 12.4 Å². The first-order chi connectivity index (χ1) is 8.66. The molecule has 0 saturated carbocycles. The van der Waals surface area contributed by atoms with E-state index < -0.39 is 0 Å². The van der Waals surface area contributed by atoms with E-state index >= 15 is 0 Å². The lowest BCUT2D eigenvalue weighted by Crippen LogP contribution is -2.47. The third-order valence-electron chi connectivity index (χ3n) is 3.36. The van der Waals surface area contributed by atoms with E-state index in [4.69, 9.17) is 0 Å². The lowest BCUT2D eigenvalue weighted by molar-refractivity contribution is -0.124. The molecule has 0 aromatic heterocycles. The van der Waals surface area contributed by atoms with Gasteiger partial charge in [0.25, 0.3) is 0 Å². The van der Waals surface area contributed by atoms with Crippen molar-refractivity contribution in [3.05, 3.63) is 34.3 Å². The van der Waals surface area contributed by atoms with Crippen molar-refractivity contribution in [2.45, 2.75) is 38.3 Å². The summed E-state index contributed by atoms with van der Waals surface area (Å²) in [5.41, 5.74) is 1.13. The van der Waals surface area contributed by atoms with Crippen LogP contribution in [0.3, 0.4) is 0 Å². The molecule has 1 fully saturated rings. The largest absolute Gasteiger partial charge is 0.348 e. The smallest absolute Gasteiger partial charge is 0.237 e. The first kappa shape index (κ1) is 16.5. The van der Waals surface area contributed by atoms with Crippen molar-refractivity contribution in [2.24, 2.45) is 0 Å². The summed E-state index contributed by atoms with van der Waals surface area (Å²) in [5.74, 6) is 0.116. The van der Waals surface area contributed by atoms with Crippen LogP contribution in [0.5, 0.6) is 0 Å². The van der Waals surface area contributed by atoms with Gasteiger partial charge in [-0.3, -0.25) is 4.79 Å². The van der Waals surface area contributed by atoms with Crippen molar-refractivity contribution < 1.29 is 4.79 Å². The summed E-state index contributed by atoms with van der Waals surface area (Å²) < 4.78 is 1.05. The number of nitrogens with one attached hydrogen (secondary N) is 2. The zero-order chi connectivity index (χ0) is 13.0. The van der Waals surface area contributed by atoms with Gasteiger partial charge in [0.05, 0.1) is 12.1 Å². The first-order valence-electron chi connectivity index (χ1n) is 6.46. The summed E-state index contributed by atoms with van der Waals surface area (Å²) in [6.45, 7) is 2.97. The van der Waals surface area contributed by atoms with E-state index in [1.807, 2.05) is 31.2 Å². The minimum absolute atomic E-state index is 0. The van der Waals surface area contributed by atoms with Crippen LogP contribution in [-0.2, 0) is 4.79 Å². The molecule has 0 spiro atoms. The maximum absolute atomic E-state index is 12.1. The Morgan fingerprint density at radius 2 is 2.05 bits per heavy atom. The first-order valence-corrected chi connectivity index (χ1v) is 7.25. The SMILES string of the molecule is CC(NC(=O)C1CCCCN1)c1ccc(Br)cc1.Cl. The average molecular weight is 348 g/mol. The quantitative estimate of drug-likeness (QED) is 0.881. The predicted molar refractivity (Wildman–Crippen MR) is 83.6 cm³/mol. The van der Waals surface area contributed by atoms with E-state index in [-0.39, 0.29) is 30.4 Å². The maximum atomic E-state index is 12.1. The van der Waals surface area contributed by atoms with E-state index in [2.05, 4.69) is 26.6 Å². The zero-order valence-corrected chi connectivity index (χ0v) is 13.4. The van der Waals surface area contributed by atoms with Crippen LogP contribution in [0.25, 0.3) is 0 Å². The molecule has 1 heterocycles. The molecule has 2 atom stereocenters.